The molecule has 2 N–H and O–H groups in total. The van der Waals surface area contributed by atoms with Gasteiger partial charge in [-0.25, -0.2) is 9.48 Å². The summed E-state index contributed by atoms with van der Waals surface area (Å²) in [7, 11) is 0. The van der Waals surface area contributed by atoms with E-state index >= 15 is 0 Å². The number of rotatable bonds is 4. The Bertz CT molecular complexity index is 462. The quantitative estimate of drug-likeness (QED) is 0.896. The Morgan fingerprint density at radius 1 is 1.29 bits per heavy atom. The van der Waals surface area contributed by atoms with Crippen LogP contribution in [0.15, 0.2) is 12.3 Å². The molecule has 6 nitrogen and oxygen atoms in total. The van der Waals surface area contributed by atoms with Crippen molar-refractivity contribution in [1.82, 2.24) is 15.1 Å². The van der Waals surface area contributed by atoms with E-state index in [1.165, 1.54) is 19.3 Å². The molecule has 2 amide bonds. The second-order valence-electron chi connectivity index (χ2n) is 5.92. The number of urea groups is 1. The summed E-state index contributed by atoms with van der Waals surface area (Å²) in [6, 6.07) is 2.10. The maximum atomic E-state index is 12.0. The molecule has 1 saturated heterocycles. The van der Waals surface area contributed by atoms with Crippen molar-refractivity contribution in [3.63, 3.8) is 0 Å². The van der Waals surface area contributed by atoms with Gasteiger partial charge in [-0.2, -0.15) is 5.10 Å². The summed E-state index contributed by atoms with van der Waals surface area (Å²) in [6.07, 6.45) is 10.1. The molecule has 2 fully saturated rings. The SMILES string of the molecule is O=C(NCC1CCCO1)Nc1ccnn1C1CCCCC1. The molecule has 0 spiro atoms. The van der Waals surface area contributed by atoms with E-state index in [1.54, 1.807) is 6.20 Å². The lowest BCUT2D eigenvalue weighted by Gasteiger charge is -2.24. The first kappa shape index (κ1) is 14.4. The first-order chi connectivity index (χ1) is 10.3. The highest BCUT2D eigenvalue weighted by molar-refractivity contribution is 5.88. The Morgan fingerprint density at radius 3 is 2.90 bits per heavy atom. The Hall–Kier alpha value is -1.56. The molecule has 1 aromatic rings. The van der Waals surface area contributed by atoms with Crippen LogP contribution in [0.2, 0.25) is 0 Å². The zero-order valence-corrected chi connectivity index (χ0v) is 12.4. The van der Waals surface area contributed by atoms with Gasteiger partial charge in [-0.05, 0) is 25.7 Å². The fraction of sp³-hybridized carbons (Fsp3) is 0.733. The number of nitrogens with one attached hydrogen (secondary N) is 2. The van der Waals surface area contributed by atoms with E-state index in [2.05, 4.69) is 15.7 Å². The minimum Gasteiger partial charge on any atom is -0.376 e. The van der Waals surface area contributed by atoms with Gasteiger partial charge in [-0.1, -0.05) is 19.3 Å². The van der Waals surface area contributed by atoms with Crippen LogP contribution >= 0.6 is 0 Å². The molecule has 1 aromatic heterocycles. The molecule has 1 saturated carbocycles. The van der Waals surface area contributed by atoms with Gasteiger partial charge in [0.2, 0.25) is 0 Å². The van der Waals surface area contributed by atoms with E-state index in [-0.39, 0.29) is 12.1 Å². The Balaban J connectivity index is 1.52. The molecule has 3 rings (SSSR count). The topological polar surface area (TPSA) is 68.2 Å². The Labute approximate surface area is 125 Å². The maximum Gasteiger partial charge on any atom is 0.320 e. The summed E-state index contributed by atoms with van der Waals surface area (Å²) in [5, 5.41) is 10.2. The van der Waals surface area contributed by atoms with Crippen molar-refractivity contribution in [2.45, 2.75) is 57.1 Å². The van der Waals surface area contributed by atoms with Gasteiger partial charge >= 0.3 is 6.03 Å². The van der Waals surface area contributed by atoms with Gasteiger partial charge in [0.05, 0.1) is 18.3 Å². The molecular formula is C15H24N4O2. The molecule has 116 valence electrons. The summed E-state index contributed by atoms with van der Waals surface area (Å²) in [5.74, 6) is 0.784. The molecule has 1 aliphatic heterocycles. The number of carbonyl (C=O) groups excluding carboxylic acids is 1. The van der Waals surface area contributed by atoms with Gasteiger partial charge in [0.15, 0.2) is 0 Å². The average Bonchev–Trinajstić information content (AvgIpc) is 3.17. The lowest BCUT2D eigenvalue weighted by Crippen LogP contribution is -2.35. The molecule has 2 aliphatic rings. The van der Waals surface area contributed by atoms with E-state index in [9.17, 15) is 4.79 Å². The second-order valence-corrected chi connectivity index (χ2v) is 5.92. The van der Waals surface area contributed by atoms with E-state index in [0.717, 1.165) is 38.1 Å². The number of nitrogens with zero attached hydrogens (tertiary/aromatic N) is 2. The molecule has 1 unspecified atom stereocenters. The lowest BCUT2D eigenvalue weighted by atomic mass is 9.96. The fourth-order valence-electron chi connectivity index (χ4n) is 3.20. The highest BCUT2D eigenvalue weighted by Gasteiger charge is 2.20. The van der Waals surface area contributed by atoms with Gasteiger partial charge in [0.25, 0.3) is 0 Å². The third kappa shape index (κ3) is 3.75. The van der Waals surface area contributed by atoms with Gasteiger partial charge in [-0.15, -0.1) is 0 Å². The molecule has 21 heavy (non-hydrogen) atoms. The third-order valence-electron chi connectivity index (χ3n) is 4.35. The highest BCUT2D eigenvalue weighted by atomic mass is 16.5. The molecule has 0 aromatic carbocycles. The lowest BCUT2D eigenvalue weighted by molar-refractivity contribution is 0.112. The summed E-state index contributed by atoms with van der Waals surface area (Å²) in [6.45, 7) is 1.38. The van der Waals surface area contributed by atoms with Crippen molar-refractivity contribution < 1.29 is 9.53 Å². The largest absolute Gasteiger partial charge is 0.376 e. The molecule has 0 radical (unpaired) electrons. The maximum absolute atomic E-state index is 12.0. The van der Waals surface area contributed by atoms with Gasteiger partial charge in [0, 0.05) is 19.2 Å². The van der Waals surface area contributed by atoms with Crippen LogP contribution in [0.25, 0.3) is 0 Å². The average molecular weight is 292 g/mol. The number of hydrogen-bond donors (Lipinski definition) is 2. The molecule has 2 heterocycles. The molecule has 1 aliphatic carbocycles. The number of aromatic nitrogens is 2. The minimum atomic E-state index is -0.178. The first-order valence-electron chi connectivity index (χ1n) is 8.03. The molecule has 6 heteroatoms. The fourth-order valence-corrected chi connectivity index (χ4v) is 3.20. The van der Waals surface area contributed by atoms with Crippen LogP contribution in [0, 0.1) is 0 Å². The predicted molar refractivity (Wildman–Crippen MR) is 80.3 cm³/mol. The van der Waals surface area contributed by atoms with Crippen molar-refractivity contribution in [1.29, 1.82) is 0 Å². The van der Waals surface area contributed by atoms with Crippen LogP contribution in [0.3, 0.4) is 0 Å². The smallest absolute Gasteiger partial charge is 0.320 e. The number of anilines is 1. The van der Waals surface area contributed by atoms with Crippen molar-refractivity contribution in [2.75, 3.05) is 18.5 Å². The van der Waals surface area contributed by atoms with Crippen molar-refractivity contribution in [3.05, 3.63) is 12.3 Å². The Kier molecular flexibility index (Phi) is 4.75. The summed E-state index contributed by atoms with van der Waals surface area (Å²) < 4.78 is 7.46. The van der Waals surface area contributed by atoms with Gasteiger partial charge in [-0.3, -0.25) is 5.32 Å². The standard InChI is InChI=1S/C15H24N4O2/c20-15(16-11-13-7-4-10-21-13)18-14-8-9-17-19(14)12-5-2-1-3-6-12/h8-9,12-13H,1-7,10-11H2,(H2,16,18,20). The van der Waals surface area contributed by atoms with Crippen molar-refractivity contribution >= 4 is 11.8 Å². The highest BCUT2D eigenvalue weighted by Crippen LogP contribution is 2.29. The molecule has 1 atom stereocenters. The van der Waals surface area contributed by atoms with Crippen molar-refractivity contribution in [3.8, 4) is 0 Å². The predicted octanol–water partition coefficient (Wildman–Crippen LogP) is 2.69. The Morgan fingerprint density at radius 2 is 2.14 bits per heavy atom. The van der Waals surface area contributed by atoms with Crippen LogP contribution in [0.1, 0.15) is 51.0 Å². The summed E-state index contributed by atoms with van der Waals surface area (Å²) in [4.78, 5) is 12.0. The van der Waals surface area contributed by atoms with Crippen LogP contribution in [-0.2, 0) is 4.74 Å². The number of amides is 2. The van der Waals surface area contributed by atoms with Gasteiger partial charge < -0.3 is 10.1 Å². The van der Waals surface area contributed by atoms with E-state index in [1.807, 2.05) is 10.7 Å². The minimum absolute atomic E-state index is 0.166. The van der Waals surface area contributed by atoms with E-state index in [0.29, 0.717) is 12.6 Å². The van der Waals surface area contributed by atoms with Crippen LogP contribution < -0.4 is 10.6 Å². The number of carbonyl (C=O) groups is 1. The van der Waals surface area contributed by atoms with Crippen LogP contribution in [-0.4, -0.2) is 35.1 Å². The monoisotopic (exact) mass is 292 g/mol. The van der Waals surface area contributed by atoms with Crippen molar-refractivity contribution in [2.24, 2.45) is 0 Å². The van der Waals surface area contributed by atoms with Crippen LogP contribution in [0.5, 0.6) is 0 Å². The third-order valence-corrected chi connectivity index (χ3v) is 4.35. The first-order valence-corrected chi connectivity index (χ1v) is 8.03. The van der Waals surface area contributed by atoms with Crippen LogP contribution in [0.4, 0.5) is 10.6 Å². The zero-order chi connectivity index (χ0) is 14.5. The summed E-state index contributed by atoms with van der Waals surface area (Å²) in [5.41, 5.74) is 0. The second kappa shape index (κ2) is 6.93. The normalized spacial score (nSPS) is 23.1. The van der Waals surface area contributed by atoms with Gasteiger partial charge in [0.1, 0.15) is 5.82 Å². The van der Waals surface area contributed by atoms with E-state index < -0.39 is 0 Å². The molecule has 0 bridgehead atoms. The number of ether oxygens (including phenoxy) is 1. The summed E-state index contributed by atoms with van der Waals surface area (Å²) >= 11 is 0. The zero-order valence-electron chi connectivity index (χ0n) is 12.4. The number of hydrogen-bond acceptors (Lipinski definition) is 3. The van der Waals surface area contributed by atoms with E-state index in [4.69, 9.17) is 4.74 Å². The molecular weight excluding hydrogens is 268 g/mol.